The number of primary amides is 1. The van der Waals surface area contributed by atoms with Crippen LogP contribution in [0.4, 0.5) is 5.69 Å². The predicted octanol–water partition coefficient (Wildman–Crippen LogP) is 3.22. The topological polar surface area (TPSA) is 187 Å². The highest BCUT2D eigenvalue weighted by atomic mass is 16.4. The second-order valence-corrected chi connectivity index (χ2v) is 15.3. The predicted molar refractivity (Wildman–Crippen MR) is 167 cm³/mol. The van der Waals surface area contributed by atoms with Crippen LogP contribution >= 0.6 is 0 Å². The van der Waals surface area contributed by atoms with Crippen molar-refractivity contribution in [3.63, 3.8) is 0 Å². The molecule has 0 heterocycles. The SMILES string of the molecule is CC(C)[C@H]1C(O)[C@@H](C(N)=O)C(=O)[C@]2(O)C(O)[C@H]3C(=O)c4c(O)ccc(-c5ccc(NC(=O)C(C)(C)C)cc5)c4C[C@]3(C)C[C@]12C. The molecule has 0 aromatic heterocycles. The molecule has 2 aromatic rings. The molecule has 7 N–H and O–H groups in total. The van der Waals surface area contributed by atoms with Crippen molar-refractivity contribution in [3.05, 3.63) is 47.5 Å². The molecular formula is C35H44N2O8. The highest BCUT2D eigenvalue weighted by Gasteiger charge is 2.75. The summed E-state index contributed by atoms with van der Waals surface area (Å²) >= 11 is 0. The van der Waals surface area contributed by atoms with E-state index in [-0.39, 0.29) is 36.0 Å². The van der Waals surface area contributed by atoms with Crippen molar-refractivity contribution in [2.75, 3.05) is 5.32 Å². The number of phenolic OH excluding ortho intramolecular Hbond substituents is 1. The number of carbonyl (C=O) groups excluding carboxylic acids is 4. The van der Waals surface area contributed by atoms with Crippen LogP contribution in [0, 0.1) is 39.9 Å². The number of aliphatic hydroxyl groups is 3. The summed E-state index contributed by atoms with van der Waals surface area (Å²) < 4.78 is 0. The van der Waals surface area contributed by atoms with Gasteiger partial charge in [-0.1, -0.05) is 66.7 Å². The van der Waals surface area contributed by atoms with E-state index in [2.05, 4.69) is 5.32 Å². The van der Waals surface area contributed by atoms with Gasteiger partial charge in [-0.05, 0) is 65.0 Å². The van der Waals surface area contributed by atoms with Gasteiger partial charge in [0.1, 0.15) is 17.8 Å². The minimum absolute atomic E-state index is 0.00138. The summed E-state index contributed by atoms with van der Waals surface area (Å²) in [5.74, 6) is -7.44. The van der Waals surface area contributed by atoms with Crippen LogP contribution in [-0.4, -0.2) is 61.6 Å². The average molecular weight is 621 g/mol. The molecule has 0 bridgehead atoms. The van der Waals surface area contributed by atoms with Gasteiger partial charge in [-0.25, -0.2) is 0 Å². The van der Waals surface area contributed by atoms with Crippen LogP contribution in [0.15, 0.2) is 36.4 Å². The van der Waals surface area contributed by atoms with E-state index in [9.17, 15) is 39.6 Å². The minimum atomic E-state index is -2.56. The van der Waals surface area contributed by atoms with E-state index in [0.29, 0.717) is 16.8 Å². The van der Waals surface area contributed by atoms with Gasteiger partial charge in [0.15, 0.2) is 17.2 Å². The highest BCUT2D eigenvalue weighted by Crippen LogP contribution is 2.66. The van der Waals surface area contributed by atoms with Crippen LogP contribution in [0.5, 0.6) is 5.75 Å². The Morgan fingerprint density at radius 1 is 1.02 bits per heavy atom. The monoisotopic (exact) mass is 620 g/mol. The molecule has 0 spiro atoms. The van der Waals surface area contributed by atoms with Crippen LogP contribution in [-0.2, 0) is 20.8 Å². The fraction of sp³-hybridized carbons (Fsp3) is 0.543. The number of carbonyl (C=O) groups is 4. The Kier molecular flexibility index (Phi) is 7.63. The molecule has 3 aliphatic carbocycles. The third kappa shape index (κ3) is 4.63. The molecule has 2 saturated carbocycles. The van der Waals surface area contributed by atoms with Crippen LogP contribution < -0.4 is 11.1 Å². The van der Waals surface area contributed by atoms with Gasteiger partial charge in [0.05, 0.1) is 17.6 Å². The quantitative estimate of drug-likeness (QED) is 0.281. The Hall–Kier alpha value is -3.60. The van der Waals surface area contributed by atoms with Crippen molar-refractivity contribution in [1.82, 2.24) is 0 Å². The van der Waals surface area contributed by atoms with E-state index in [4.69, 9.17) is 5.73 Å². The Morgan fingerprint density at radius 3 is 2.16 bits per heavy atom. The van der Waals surface area contributed by atoms with Crippen molar-refractivity contribution in [2.24, 2.45) is 45.7 Å². The van der Waals surface area contributed by atoms with Gasteiger partial charge in [0.25, 0.3) is 0 Å². The standard InChI is InChI=1S/C35H44N2O8/c1-16(2)24-27(40)23(30(36)43)28(41)35(45)29(42)25-26(39)22-20(14-33(25,6)15-34(24,35)7)19(12-13-21(22)38)17-8-10-18(11-9-17)37-31(44)32(3,4)5/h8-13,16,23-25,27,29,38,40,42,45H,14-15H2,1-7H3,(H2,36,43)(H,37,44)/t23-,24+,25-,27?,29?,33-,34-,35+/m1/s1. The Morgan fingerprint density at radius 2 is 1.62 bits per heavy atom. The molecule has 2 amide bonds. The molecule has 2 fully saturated rings. The van der Waals surface area contributed by atoms with E-state index in [1.807, 2.05) is 39.8 Å². The zero-order chi connectivity index (χ0) is 33.6. The number of benzene rings is 2. The summed E-state index contributed by atoms with van der Waals surface area (Å²) in [6.45, 7) is 12.5. The number of nitrogens with one attached hydrogen (secondary N) is 1. The molecular weight excluding hydrogens is 576 g/mol. The van der Waals surface area contributed by atoms with Gasteiger partial charge in [-0.3, -0.25) is 19.2 Å². The van der Waals surface area contributed by atoms with Crippen molar-refractivity contribution in [2.45, 2.75) is 79.1 Å². The maximum Gasteiger partial charge on any atom is 0.230 e. The molecule has 2 aromatic carbocycles. The lowest BCUT2D eigenvalue weighted by Gasteiger charge is -2.66. The van der Waals surface area contributed by atoms with E-state index in [1.165, 1.54) is 6.07 Å². The Balaban J connectivity index is 1.63. The number of ketones is 2. The van der Waals surface area contributed by atoms with Gasteiger partial charge in [0.2, 0.25) is 11.8 Å². The van der Waals surface area contributed by atoms with E-state index >= 15 is 0 Å². The molecule has 0 saturated heterocycles. The second kappa shape index (κ2) is 10.5. The maximum atomic E-state index is 14.3. The van der Waals surface area contributed by atoms with Gasteiger partial charge < -0.3 is 31.5 Å². The molecule has 2 unspecified atom stereocenters. The number of amides is 2. The summed E-state index contributed by atoms with van der Waals surface area (Å²) in [6, 6.07) is 10.3. The number of aromatic hydroxyl groups is 1. The van der Waals surface area contributed by atoms with Gasteiger partial charge >= 0.3 is 0 Å². The lowest BCUT2D eigenvalue weighted by atomic mass is 9.39. The van der Waals surface area contributed by atoms with Crippen molar-refractivity contribution in [3.8, 4) is 16.9 Å². The maximum absolute atomic E-state index is 14.3. The normalized spacial score (nSPS) is 34.5. The molecule has 10 nitrogen and oxygen atoms in total. The van der Waals surface area contributed by atoms with Crippen LogP contribution in [0.25, 0.3) is 11.1 Å². The lowest BCUT2D eigenvalue weighted by molar-refractivity contribution is -0.265. The summed E-state index contributed by atoms with van der Waals surface area (Å²) in [4.78, 5) is 53.1. The van der Waals surface area contributed by atoms with Crippen molar-refractivity contribution in [1.29, 1.82) is 0 Å². The Labute approximate surface area is 263 Å². The number of fused-ring (bicyclic) bond motifs is 3. The molecule has 3 aliphatic rings. The summed E-state index contributed by atoms with van der Waals surface area (Å²) in [5, 5.41) is 49.4. The lowest BCUT2D eigenvalue weighted by Crippen LogP contribution is -2.79. The third-order valence-electron chi connectivity index (χ3n) is 10.8. The first kappa shape index (κ1) is 32.8. The minimum Gasteiger partial charge on any atom is -0.507 e. The van der Waals surface area contributed by atoms with Crippen molar-refractivity contribution < 1.29 is 39.6 Å². The van der Waals surface area contributed by atoms with Crippen LogP contribution in [0.3, 0.4) is 0 Å². The molecule has 8 atom stereocenters. The first-order valence-corrected chi connectivity index (χ1v) is 15.4. The first-order valence-electron chi connectivity index (χ1n) is 15.4. The van der Waals surface area contributed by atoms with Crippen LogP contribution in [0.2, 0.25) is 0 Å². The highest BCUT2D eigenvalue weighted by molar-refractivity contribution is 6.09. The fourth-order valence-electron chi connectivity index (χ4n) is 8.85. The average Bonchev–Trinajstić information content (AvgIpc) is 2.90. The molecule has 0 radical (unpaired) electrons. The van der Waals surface area contributed by atoms with E-state index in [0.717, 1.165) is 5.56 Å². The zero-order valence-electron chi connectivity index (χ0n) is 26.8. The fourth-order valence-corrected chi connectivity index (χ4v) is 8.85. The van der Waals surface area contributed by atoms with Gasteiger partial charge in [-0.2, -0.15) is 0 Å². The molecule has 5 rings (SSSR count). The van der Waals surface area contributed by atoms with Gasteiger partial charge in [0, 0.05) is 16.5 Å². The number of nitrogens with two attached hydrogens (primary N) is 1. The first-order chi connectivity index (χ1) is 20.7. The third-order valence-corrected chi connectivity index (χ3v) is 10.8. The largest absolute Gasteiger partial charge is 0.507 e. The second-order valence-electron chi connectivity index (χ2n) is 15.3. The van der Waals surface area contributed by atoms with Crippen LogP contribution in [0.1, 0.15) is 70.8 Å². The summed E-state index contributed by atoms with van der Waals surface area (Å²) in [6.07, 6.45) is -3.15. The van der Waals surface area contributed by atoms with Crippen molar-refractivity contribution >= 4 is 29.1 Å². The molecule has 0 aliphatic heterocycles. The number of phenols is 1. The molecule has 242 valence electrons. The van der Waals surface area contributed by atoms with Gasteiger partial charge in [-0.15, -0.1) is 0 Å². The molecule has 10 heteroatoms. The number of rotatable bonds is 4. The van der Waals surface area contributed by atoms with E-state index < -0.39 is 69.3 Å². The Bertz CT molecular complexity index is 1590. The smallest absolute Gasteiger partial charge is 0.230 e. The molecule has 45 heavy (non-hydrogen) atoms. The number of hydrogen-bond donors (Lipinski definition) is 6. The number of anilines is 1. The number of Topliss-reactive ketones (excluding diaryl/α,β-unsaturated/α-hetero) is 2. The number of aliphatic hydroxyl groups excluding tert-OH is 2. The zero-order valence-corrected chi connectivity index (χ0v) is 26.8. The van der Waals surface area contributed by atoms with E-state index in [1.54, 1.807) is 39.0 Å². The summed E-state index contributed by atoms with van der Waals surface area (Å²) in [5.41, 5.74) is 2.54. The summed E-state index contributed by atoms with van der Waals surface area (Å²) in [7, 11) is 0. The number of hydrogen-bond acceptors (Lipinski definition) is 8.